The number of carboxylic acid groups (broad SMARTS) is 1. The first kappa shape index (κ1) is 30.6. The van der Waals surface area contributed by atoms with Gasteiger partial charge in [0.15, 0.2) is 0 Å². The number of carbonyl (C=O) groups excluding carboxylic acids is 1. The van der Waals surface area contributed by atoms with Crippen LogP contribution >= 0.6 is 11.3 Å². The Labute approximate surface area is 238 Å². The van der Waals surface area contributed by atoms with E-state index >= 15 is 0 Å². The summed E-state index contributed by atoms with van der Waals surface area (Å²) < 4.78 is 6.05. The highest BCUT2D eigenvalue weighted by Gasteiger charge is 2.38. The van der Waals surface area contributed by atoms with Gasteiger partial charge in [-0.05, 0) is 52.6 Å². The maximum atomic E-state index is 13.8. The first-order valence-electron chi connectivity index (χ1n) is 13.2. The van der Waals surface area contributed by atoms with Gasteiger partial charge in [0.25, 0.3) is 18.3 Å². The summed E-state index contributed by atoms with van der Waals surface area (Å²) in [5.74, 6) is -2.39. The molecule has 1 heterocycles. The van der Waals surface area contributed by atoms with Gasteiger partial charge in [0.1, 0.15) is 5.75 Å². The number of thiophene rings is 1. The molecule has 0 aliphatic heterocycles. The fourth-order valence-corrected chi connectivity index (χ4v) is 4.85. The SMILES string of the molecule is CCCCCCOc1ccccc1CN(C(=O)c1ccc(-c2ccsc2)cc1)C(O)(O)c1ccccc1.O=CO. The topological polar surface area (TPSA) is 107 Å². The standard InChI is InChI=1S/C31H33NO4S.CH2O2/c1-2-3-4-10-20-36-29-14-9-8-11-26(29)22-32(31(34,35)28-12-6-5-7-13-28)30(33)25-17-15-24(16-18-25)27-19-21-37-23-27;2-1-3/h5-9,11-19,21,23,34-35H,2-4,10,20,22H2,1H3;1H,(H,2,3). The molecule has 7 nitrogen and oxygen atoms in total. The number of para-hydroxylation sites is 1. The minimum absolute atomic E-state index is 0.0435. The van der Waals surface area contributed by atoms with Gasteiger partial charge in [0.2, 0.25) is 0 Å². The molecule has 0 aliphatic rings. The molecule has 4 rings (SSSR count). The normalized spacial score (nSPS) is 10.8. The van der Waals surface area contributed by atoms with Crippen LogP contribution in [0.2, 0.25) is 0 Å². The lowest BCUT2D eigenvalue weighted by Gasteiger charge is -2.36. The lowest BCUT2D eigenvalue weighted by molar-refractivity contribution is -0.259. The molecular weight excluding hydrogens is 526 g/mol. The summed E-state index contributed by atoms with van der Waals surface area (Å²) in [5, 5.41) is 33.6. The van der Waals surface area contributed by atoms with E-state index in [2.05, 4.69) is 6.92 Å². The van der Waals surface area contributed by atoms with Crippen LogP contribution in [0.1, 0.15) is 54.1 Å². The van der Waals surface area contributed by atoms with Crippen LogP contribution in [0.25, 0.3) is 11.1 Å². The number of nitrogens with zero attached hydrogens (tertiary/aromatic N) is 1. The van der Waals surface area contributed by atoms with Gasteiger partial charge in [-0.2, -0.15) is 11.3 Å². The van der Waals surface area contributed by atoms with Crippen LogP contribution < -0.4 is 4.74 Å². The van der Waals surface area contributed by atoms with Crippen molar-refractivity contribution in [1.82, 2.24) is 4.90 Å². The third-order valence-corrected chi connectivity index (χ3v) is 7.01. The lowest BCUT2D eigenvalue weighted by Crippen LogP contribution is -2.49. The zero-order valence-corrected chi connectivity index (χ0v) is 23.3. The summed E-state index contributed by atoms with van der Waals surface area (Å²) in [6, 6.07) is 25.1. The lowest BCUT2D eigenvalue weighted by atomic mass is 10.0. The number of benzene rings is 3. The van der Waals surface area contributed by atoms with E-state index in [0.717, 1.165) is 41.7 Å². The van der Waals surface area contributed by atoms with E-state index in [4.69, 9.17) is 14.6 Å². The molecule has 0 atom stereocenters. The number of unbranched alkanes of at least 4 members (excludes halogenated alkanes) is 3. The zero-order chi connectivity index (χ0) is 28.8. The minimum atomic E-state index is -2.53. The molecule has 1 amide bonds. The summed E-state index contributed by atoms with van der Waals surface area (Å²) in [6.45, 7) is 2.44. The van der Waals surface area contributed by atoms with Crippen LogP contribution in [-0.4, -0.2) is 39.2 Å². The molecule has 4 aromatic rings. The van der Waals surface area contributed by atoms with Crippen molar-refractivity contribution >= 4 is 23.7 Å². The zero-order valence-electron chi connectivity index (χ0n) is 22.5. The summed E-state index contributed by atoms with van der Waals surface area (Å²) in [6.07, 6.45) is 4.34. The van der Waals surface area contributed by atoms with Crippen molar-refractivity contribution in [3.05, 3.63) is 112 Å². The second-order valence-electron chi connectivity index (χ2n) is 9.10. The number of hydrogen-bond acceptors (Lipinski definition) is 6. The Kier molecular flexibility index (Phi) is 11.9. The molecule has 0 bridgehead atoms. The molecule has 8 heteroatoms. The van der Waals surface area contributed by atoms with Crippen molar-refractivity contribution in [3.8, 4) is 16.9 Å². The molecule has 0 saturated heterocycles. The van der Waals surface area contributed by atoms with Crippen molar-refractivity contribution in [1.29, 1.82) is 0 Å². The van der Waals surface area contributed by atoms with Crippen molar-refractivity contribution in [2.24, 2.45) is 0 Å². The van der Waals surface area contributed by atoms with Gasteiger partial charge in [-0.3, -0.25) is 14.5 Å². The Morgan fingerprint density at radius 2 is 1.57 bits per heavy atom. The van der Waals surface area contributed by atoms with Gasteiger partial charge < -0.3 is 20.1 Å². The minimum Gasteiger partial charge on any atom is -0.493 e. The van der Waals surface area contributed by atoms with Crippen molar-refractivity contribution in [3.63, 3.8) is 0 Å². The van der Waals surface area contributed by atoms with E-state index < -0.39 is 11.8 Å². The van der Waals surface area contributed by atoms with Gasteiger partial charge in [-0.15, -0.1) is 0 Å². The fourth-order valence-electron chi connectivity index (χ4n) is 4.19. The number of aliphatic hydroxyl groups is 2. The molecule has 0 spiro atoms. The van der Waals surface area contributed by atoms with Crippen LogP contribution in [0.3, 0.4) is 0 Å². The van der Waals surface area contributed by atoms with Gasteiger partial charge in [-0.25, -0.2) is 0 Å². The fraction of sp³-hybridized carbons (Fsp3) is 0.250. The molecule has 0 fully saturated rings. The quantitative estimate of drug-likeness (QED) is 0.103. The highest BCUT2D eigenvalue weighted by atomic mass is 32.1. The summed E-state index contributed by atoms with van der Waals surface area (Å²) in [7, 11) is 0. The summed E-state index contributed by atoms with van der Waals surface area (Å²) in [4.78, 5) is 23.2. The Balaban J connectivity index is 0.00000141. The van der Waals surface area contributed by atoms with Crippen molar-refractivity contribution in [2.75, 3.05) is 6.61 Å². The number of rotatable bonds is 12. The Morgan fingerprint density at radius 1 is 0.900 bits per heavy atom. The van der Waals surface area contributed by atoms with E-state index in [1.807, 2.05) is 53.2 Å². The average Bonchev–Trinajstić information content (AvgIpc) is 3.52. The Bertz CT molecular complexity index is 1310. The van der Waals surface area contributed by atoms with Crippen molar-refractivity contribution in [2.45, 2.75) is 45.1 Å². The molecule has 0 aliphatic carbocycles. The molecule has 1 aromatic heterocycles. The second-order valence-corrected chi connectivity index (χ2v) is 9.88. The second kappa shape index (κ2) is 15.6. The first-order chi connectivity index (χ1) is 19.4. The van der Waals surface area contributed by atoms with E-state index in [1.165, 1.54) is 0 Å². The Morgan fingerprint density at radius 3 is 2.23 bits per heavy atom. The molecule has 3 aromatic carbocycles. The molecular formula is C32H35NO6S. The monoisotopic (exact) mass is 561 g/mol. The maximum absolute atomic E-state index is 13.8. The molecule has 3 N–H and O–H groups in total. The highest BCUT2D eigenvalue weighted by molar-refractivity contribution is 7.08. The van der Waals surface area contributed by atoms with Gasteiger partial charge in [0, 0.05) is 16.7 Å². The smallest absolute Gasteiger partial charge is 0.290 e. The van der Waals surface area contributed by atoms with Gasteiger partial charge in [-0.1, -0.05) is 86.8 Å². The van der Waals surface area contributed by atoms with Crippen molar-refractivity contribution < 1.29 is 29.6 Å². The summed E-state index contributed by atoms with van der Waals surface area (Å²) >= 11 is 1.61. The number of hydrogen-bond donors (Lipinski definition) is 3. The van der Waals surface area contributed by atoms with Gasteiger partial charge >= 0.3 is 0 Å². The number of carbonyl (C=O) groups is 2. The van der Waals surface area contributed by atoms with Crippen LogP contribution in [0.15, 0.2) is 95.7 Å². The largest absolute Gasteiger partial charge is 0.493 e. The molecule has 210 valence electrons. The maximum Gasteiger partial charge on any atom is 0.290 e. The predicted molar refractivity (Wildman–Crippen MR) is 157 cm³/mol. The van der Waals surface area contributed by atoms with E-state index in [9.17, 15) is 15.0 Å². The van der Waals surface area contributed by atoms with Crippen LogP contribution in [-0.2, 0) is 17.3 Å². The van der Waals surface area contributed by atoms with E-state index in [-0.39, 0.29) is 18.6 Å². The number of amides is 1. The van der Waals surface area contributed by atoms with E-state index in [1.54, 1.807) is 53.8 Å². The van der Waals surface area contributed by atoms with Gasteiger partial charge in [0.05, 0.1) is 13.2 Å². The highest BCUT2D eigenvalue weighted by Crippen LogP contribution is 2.30. The molecule has 0 saturated carbocycles. The van der Waals surface area contributed by atoms with Crippen LogP contribution in [0, 0.1) is 0 Å². The molecule has 0 radical (unpaired) electrons. The number of ether oxygens (including phenoxy) is 1. The predicted octanol–water partition coefficient (Wildman–Crippen LogP) is 6.51. The molecule has 0 unspecified atom stereocenters. The Hall–Kier alpha value is -3.98. The van der Waals surface area contributed by atoms with E-state index in [0.29, 0.717) is 23.5 Å². The average molecular weight is 562 g/mol. The molecule has 40 heavy (non-hydrogen) atoms. The van der Waals surface area contributed by atoms with Crippen LogP contribution in [0.5, 0.6) is 5.75 Å². The third-order valence-electron chi connectivity index (χ3n) is 6.33. The first-order valence-corrected chi connectivity index (χ1v) is 14.1. The third kappa shape index (κ3) is 8.26. The summed E-state index contributed by atoms with van der Waals surface area (Å²) in [5.41, 5.74) is 3.34. The van der Waals surface area contributed by atoms with Crippen LogP contribution in [0.4, 0.5) is 0 Å².